The molecule has 0 N–H and O–H groups in total. The summed E-state index contributed by atoms with van der Waals surface area (Å²) in [4.78, 5) is 5.30. The van der Waals surface area contributed by atoms with Gasteiger partial charge in [-0.1, -0.05) is 0 Å². The van der Waals surface area contributed by atoms with Gasteiger partial charge >= 0.3 is 0 Å². The second kappa shape index (κ2) is 3.18. The van der Waals surface area contributed by atoms with Gasteiger partial charge in [0.15, 0.2) is 11.1 Å². The van der Waals surface area contributed by atoms with Crippen molar-refractivity contribution in [1.82, 2.24) is 4.98 Å². The molecule has 3 heteroatoms. The van der Waals surface area contributed by atoms with Crippen LogP contribution < -0.4 is 0 Å². The van der Waals surface area contributed by atoms with Crippen molar-refractivity contribution in [1.29, 1.82) is 5.26 Å². The molecule has 0 fully saturated rings. The third-order valence-corrected chi connectivity index (χ3v) is 2.24. The average Bonchev–Trinajstić information content (AvgIpc) is 2.28. The molecular weight excluding hydrogens is 156 g/mol. The van der Waals surface area contributed by atoms with Gasteiger partial charge in [-0.25, -0.2) is 4.98 Å². The van der Waals surface area contributed by atoms with Gasteiger partial charge in [0, 0.05) is 10.8 Å². The van der Waals surface area contributed by atoms with Gasteiger partial charge in [0.25, 0.3) is 0 Å². The maximum absolute atomic E-state index is 8.16. The van der Waals surface area contributed by atoms with Crippen molar-refractivity contribution in [3.63, 3.8) is 0 Å². The predicted octanol–water partition coefficient (Wildman–Crippen LogP) is 1.64. The zero-order chi connectivity index (χ0) is 8.27. The molecule has 0 aliphatic rings. The van der Waals surface area contributed by atoms with Crippen molar-refractivity contribution < 1.29 is 0 Å². The molecule has 0 saturated heterocycles. The first-order valence-corrected chi connectivity index (χ1v) is 3.90. The fourth-order valence-corrected chi connectivity index (χ4v) is 1.38. The molecule has 0 bridgehead atoms. The third-order valence-electron chi connectivity index (χ3n) is 1.25. The number of aryl methyl sites for hydroxylation is 2. The molecule has 11 heavy (non-hydrogen) atoms. The SMILES string of the molecule is Cc1nc(C#CC#N)sc1C. The summed E-state index contributed by atoms with van der Waals surface area (Å²) in [7, 11) is 0. The molecule has 1 aromatic heterocycles. The highest BCUT2D eigenvalue weighted by Crippen LogP contribution is 2.14. The molecule has 0 aliphatic carbocycles. The van der Waals surface area contributed by atoms with Crippen LogP contribution in [-0.2, 0) is 0 Å². The van der Waals surface area contributed by atoms with E-state index < -0.39 is 0 Å². The highest BCUT2D eigenvalue weighted by atomic mass is 32.1. The highest BCUT2D eigenvalue weighted by molar-refractivity contribution is 7.12. The standard InChI is InChI=1S/C8H6N2S/c1-6-7(2)11-8(10-6)4-3-5-9/h1-2H3. The number of aromatic nitrogens is 1. The van der Waals surface area contributed by atoms with E-state index in [1.54, 1.807) is 6.07 Å². The Balaban J connectivity index is 3.00. The van der Waals surface area contributed by atoms with Crippen LogP contribution in [0.4, 0.5) is 0 Å². The second-order valence-electron chi connectivity index (χ2n) is 2.02. The monoisotopic (exact) mass is 162 g/mol. The van der Waals surface area contributed by atoms with E-state index in [0.29, 0.717) is 0 Å². The van der Waals surface area contributed by atoms with Crippen molar-refractivity contribution in [2.24, 2.45) is 0 Å². The van der Waals surface area contributed by atoms with E-state index in [9.17, 15) is 0 Å². The Bertz CT molecular complexity index is 340. The molecule has 0 amide bonds. The molecule has 54 valence electrons. The lowest BCUT2D eigenvalue weighted by atomic mass is 10.4. The first-order valence-electron chi connectivity index (χ1n) is 3.08. The maximum Gasteiger partial charge on any atom is 0.168 e. The summed E-state index contributed by atoms with van der Waals surface area (Å²) in [5.41, 5.74) is 0.997. The van der Waals surface area contributed by atoms with E-state index >= 15 is 0 Å². The fourth-order valence-electron chi connectivity index (χ4n) is 0.608. The highest BCUT2D eigenvalue weighted by Gasteiger charge is 1.98. The first-order chi connectivity index (χ1) is 5.24. The van der Waals surface area contributed by atoms with Crippen molar-refractivity contribution in [3.8, 4) is 17.9 Å². The van der Waals surface area contributed by atoms with Gasteiger partial charge in [0.05, 0.1) is 5.69 Å². The van der Waals surface area contributed by atoms with E-state index in [4.69, 9.17) is 5.26 Å². The van der Waals surface area contributed by atoms with E-state index in [2.05, 4.69) is 16.8 Å². The fraction of sp³-hybridized carbons (Fsp3) is 0.250. The van der Waals surface area contributed by atoms with Crippen LogP contribution in [0.2, 0.25) is 0 Å². The minimum atomic E-state index is 0.724. The Morgan fingerprint density at radius 2 is 2.18 bits per heavy atom. The molecule has 1 rings (SSSR count). The Kier molecular flexibility index (Phi) is 2.25. The first kappa shape index (κ1) is 7.78. The third kappa shape index (κ3) is 1.80. The summed E-state index contributed by atoms with van der Waals surface area (Å²) in [5, 5.41) is 8.88. The van der Waals surface area contributed by atoms with Crippen molar-refractivity contribution in [2.75, 3.05) is 0 Å². The minimum Gasteiger partial charge on any atom is -0.233 e. The number of nitriles is 1. The lowest BCUT2D eigenvalue weighted by Gasteiger charge is -1.77. The summed E-state index contributed by atoms with van der Waals surface area (Å²) in [6, 6.07) is 1.75. The van der Waals surface area contributed by atoms with Crippen LogP contribution in [0.1, 0.15) is 15.6 Å². The number of hydrogen-bond acceptors (Lipinski definition) is 3. The molecule has 0 aromatic carbocycles. The zero-order valence-corrected chi connectivity index (χ0v) is 7.12. The Hall–Kier alpha value is -1.32. The van der Waals surface area contributed by atoms with Crippen molar-refractivity contribution in [2.45, 2.75) is 13.8 Å². The predicted molar refractivity (Wildman–Crippen MR) is 44.1 cm³/mol. The van der Waals surface area contributed by atoms with Gasteiger partial charge < -0.3 is 0 Å². The Morgan fingerprint density at radius 3 is 2.64 bits per heavy atom. The Morgan fingerprint density at radius 1 is 1.45 bits per heavy atom. The molecule has 0 spiro atoms. The van der Waals surface area contributed by atoms with Crippen molar-refractivity contribution >= 4 is 11.3 Å². The van der Waals surface area contributed by atoms with E-state index in [0.717, 1.165) is 15.6 Å². The van der Waals surface area contributed by atoms with Crippen LogP contribution in [0.5, 0.6) is 0 Å². The van der Waals surface area contributed by atoms with Crippen LogP contribution in [0.25, 0.3) is 0 Å². The minimum absolute atomic E-state index is 0.724. The summed E-state index contributed by atoms with van der Waals surface area (Å²) >= 11 is 1.52. The molecular formula is C8H6N2S. The van der Waals surface area contributed by atoms with Gasteiger partial charge in [-0.3, -0.25) is 0 Å². The van der Waals surface area contributed by atoms with E-state index in [1.807, 2.05) is 13.8 Å². The summed E-state index contributed by atoms with van der Waals surface area (Å²) in [6.45, 7) is 3.92. The van der Waals surface area contributed by atoms with Crippen LogP contribution in [0, 0.1) is 37.0 Å². The van der Waals surface area contributed by atoms with Gasteiger partial charge in [0.2, 0.25) is 0 Å². The second-order valence-corrected chi connectivity index (χ2v) is 3.23. The number of hydrogen-bond donors (Lipinski definition) is 0. The zero-order valence-electron chi connectivity index (χ0n) is 6.30. The number of rotatable bonds is 0. The van der Waals surface area contributed by atoms with Gasteiger partial charge in [-0.15, -0.1) is 11.3 Å². The number of nitrogens with zero attached hydrogens (tertiary/aromatic N) is 2. The molecule has 0 unspecified atom stereocenters. The molecule has 0 radical (unpaired) electrons. The summed E-state index contributed by atoms with van der Waals surface area (Å²) in [5.74, 6) is 4.96. The average molecular weight is 162 g/mol. The molecule has 0 atom stereocenters. The molecule has 1 aromatic rings. The largest absolute Gasteiger partial charge is 0.233 e. The van der Waals surface area contributed by atoms with Crippen LogP contribution >= 0.6 is 11.3 Å². The molecule has 2 nitrogen and oxygen atoms in total. The normalized spacial score (nSPS) is 8.09. The summed E-state index contributed by atoms with van der Waals surface area (Å²) in [6.07, 6.45) is 0. The van der Waals surface area contributed by atoms with E-state index in [-0.39, 0.29) is 0 Å². The molecule has 1 heterocycles. The van der Waals surface area contributed by atoms with Crippen LogP contribution in [0.3, 0.4) is 0 Å². The summed E-state index contributed by atoms with van der Waals surface area (Å²) < 4.78 is 0. The topological polar surface area (TPSA) is 36.7 Å². The lowest BCUT2D eigenvalue weighted by Crippen LogP contribution is -1.73. The van der Waals surface area contributed by atoms with Gasteiger partial charge in [-0.2, -0.15) is 5.26 Å². The van der Waals surface area contributed by atoms with Crippen LogP contribution in [0.15, 0.2) is 0 Å². The van der Waals surface area contributed by atoms with E-state index in [1.165, 1.54) is 11.3 Å². The lowest BCUT2D eigenvalue weighted by molar-refractivity contribution is 1.22. The van der Waals surface area contributed by atoms with Crippen LogP contribution in [-0.4, -0.2) is 4.98 Å². The number of thiazole rings is 1. The maximum atomic E-state index is 8.16. The van der Waals surface area contributed by atoms with Gasteiger partial charge in [0.1, 0.15) is 0 Å². The molecule has 0 saturated carbocycles. The quantitative estimate of drug-likeness (QED) is 0.544. The van der Waals surface area contributed by atoms with Gasteiger partial charge in [-0.05, 0) is 19.8 Å². The smallest absolute Gasteiger partial charge is 0.168 e. The molecule has 0 aliphatic heterocycles. The Labute approximate surface area is 69.5 Å². The van der Waals surface area contributed by atoms with Crippen molar-refractivity contribution in [3.05, 3.63) is 15.6 Å².